The Bertz CT molecular complexity index is 615. The first-order chi connectivity index (χ1) is 12.6. The quantitative estimate of drug-likeness (QED) is 0.764. The van der Waals surface area contributed by atoms with Crippen molar-refractivity contribution >= 4 is 11.9 Å². The van der Waals surface area contributed by atoms with Gasteiger partial charge in [0.05, 0.1) is 5.41 Å². The summed E-state index contributed by atoms with van der Waals surface area (Å²) in [5.74, 6) is -0.0427. The van der Waals surface area contributed by atoms with Crippen LogP contribution < -0.4 is 11.2 Å². The Morgan fingerprint density at radius 2 is 1.65 bits per heavy atom. The molecule has 3 rings (SSSR count). The van der Waals surface area contributed by atoms with Crippen LogP contribution in [-0.4, -0.2) is 11.9 Å². The number of carbonyl (C=O) groups excluding carboxylic acids is 2. The highest BCUT2D eigenvalue weighted by atomic mass is 16.7. The summed E-state index contributed by atoms with van der Waals surface area (Å²) in [6, 6.07) is 7.90. The Labute approximate surface area is 155 Å². The van der Waals surface area contributed by atoms with E-state index in [0.29, 0.717) is 25.3 Å². The maximum Gasteiger partial charge on any atom is 0.338 e. The number of amides is 1. The zero-order valence-electron chi connectivity index (χ0n) is 15.5. The molecule has 142 valence electrons. The second-order valence-electron chi connectivity index (χ2n) is 7.78. The fourth-order valence-electron chi connectivity index (χ4n) is 4.62. The second-order valence-corrected chi connectivity index (χ2v) is 7.78. The number of aryl methyl sites for hydroxylation is 1. The maximum atomic E-state index is 12.8. The molecule has 1 amide bonds. The number of hydrogen-bond acceptors (Lipinski definition) is 4. The van der Waals surface area contributed by atoms with Crippen molar-refractivity contribution in [2.45, 2.75) is 70.8 Å². The van der Waals surface area contributed by atoms with Gasteiger partial charge in [-0.05, 0) is 49.1 Å². The van der Waals surface area contributed by atoms with Gasteiger partial charge in [0, 0.05) is 13.0 Å². The van der Waals surface area contributed by atoms with Gasteiger partial charge in [0.15, 0.2) is 0 Å². The number of hydrogen-bond donors (Lipinski definition) is 2. The lowest BCUT2D eigenvalue weighted by atomic mass is 9.73. The van der Waals surface area contributed by atoms with Gasteiger partial charge in [-0.1, -0.05) is 49.9 Å². The van der Waals surface area contributed by atoms with E-state index in [1.165, 1.54) is 12.8 Å². The monoisotopic (exact) mass is 358 g/mol. The smallest absolute Gasteiger partial charge is 0.338 e. The number of benzene rings is 1. The molecule has 2 saturated carbocycles. The van der Waals surface area contributed by atoms with Crippen molar-refractivity contribution in [3.05, 3.63) is 35.4 Å². The van der Waals surface area contributed by atoms with Crippen molar-refractivity contribution in [1.29, 1.82) is 0 Å². The van der Waals surface area contributed by atoms with E-state index in [-0.39, 0.29) is 17.3 Å². The van der Waals surface area contributed by atoms with Crippen LogP contribution in [0.5, 0.6) is 0 Å². The van der Waals surface area contributed by atoms with Crippen LogP contribution in [0.2, 0.25) is 0 Å². The van der Waals surface area contributed by atoms with Crippen LogP contribution in [0, 0.1) is 11.3 Å². The highest BCUT2D eigenvalue weighted by Gasteiger charge is 2.49. The van der Waals surface area contributed by atoms with E-state index in [1.807, 2.05) is 24.3 Å². The van der Waals surface area contributed by atoms with Gasteiger partial charge in [-0.15, -0.1) is 0 Å². The minimum Gasteiger partial charge on any atom is -0.340 e. The molecule has 0 aliphatic heterocycles. The SMILES string of the molecule is NCc1ccc(CCC(=O)NOC(=O)C2(C3CCCC3)CCCC2)cc1. The van der Waals surface area contributed by atoms with Crippen molar-refractivity contribution < 1.29 is 14.4 Å². The molecule has 2 aliphatic rings. The van der Waals surface area contributed by atoms with Gasteiger partial charge in [-0.25, -0.2) is 4.79 Å². The van der Waals surface area contributed by atoms with Crippen LogP contribution in [0.1, 0.15) is 68.9 Å². The Kier molecular flexibility index (Phi) is 6.30. The van der Waals surface area contributed by atoms with Crippen molar-refractivity contribution in [2.75, 3.05) is 0 Å². The number of rotatable bonds is 6. The van der Waals surface area contributed by atoms with E-state index in [4.69, 9.17) is 10.6 Å². The summed E-state index contributed by atoms with van der Waals surface area (Å²) in [5.41, 5.74) is 9.76. The average molecular weight is 358 g/mol. The zero-order valence-corrected chi connectivity index (χ0v) is 15.5. The summed E-state index contributed by atoms with van der Waals surface area (Å²) in [7, 11) is 0. The van der Waals surface area contributed by atoms with E-state index in [1.54, 1.807) is 0 Å². The fraction of sp³-hybridized carbons (Fsp3) is 0.619. The van der Waals surface area contributed by atoms with Crippen molar-refractivity contribution in [3.8, 4) is 0 Å². The Morgan fingerprint density at radius 3 is 2.27 bits per heavy atom. The van der Waals surface area contributed by atoms with Crippen LogP contribution in [0.4, 0.5) is 0 Å². The topological polar surface area (TPSA) is 81.4 Å². The lowest BCUT2D eigenvalue weighted by Gasteiger charge is -2.32. The molecule has 1 aromatic carbocycles. The third kappa shape index (κ3) is 4.26. The van der Waals surface area contributed by atoms with Crippen molar-refractivity contribution in [3.63, 3.8) is 0 Å². The molecule has 1 aromatic rings. The Hall–Kier alpha value is -1.88. The van der Waals surface area contributed by atoms with Gasteiger partial charge in [-0.2, -0.15) is 5.48 Å². The molecule has 0 unspecified atom stereocenters. The summed E-state index contributed by atoms with van der Waals surface area (Å²) in [6.45, 7) is 0.513. The average Bonchev–Trinajstić information content (AvgIpc) is 3.37. The predicted octanol–water partition coefficient (Wildman–Crippen LogP) is 3.40. The molecular weight excluding hydrogens is 328 g/mol. The first-order valence-corrected chi connectivity index (χ1v) is 9.92. The molecule has 26 heavy (non-hydrogen) atoms. The zero-order chi connectivity index (χ0) is 18.4. The van der Waals surface area contributed by atoms with E-state index in [9.17, 15) is 9.59 Å². The summed E-state index contributed by atoms with van der Waals surface area (Å²) >= 11 is 0. The molecule has 0 spiro atoms. The highest BCUT2D eigenvalue weighted by molar-refractivity contribution is 5.81. The molecule has 0 aromatic heterocycles. The van der Waals surface area contributed by atoms with Crippen LogP contribution in [0.25, 0.3) is 0 Å². The maximum absolute atomic E-state index is 12.8. The third-order valence-corrected chi connectivity index (χ3v) is 6.20. The van der Waals surface area contributed by atoms with Crippen LogP contribution in [0.15, 0.2) is 24.3 Å². The number of nitrogens with two attached hydrogens (primary N) is 1. The van der Waals surface area contributed by atoms with Gasteiger partial charge in [-0.3, -0.25) is 4.79 Å². The Morgan fingerprint density at radius 1 is 1.04 bits per heavy atom. The molecule has 2 aliphatic carbocycles. The first kappa shape index (κ1) is 18.9. The molecule has 0 saturated heterocycles. The molecule has 2 fully saturated rings. The van der Waals surface area contributed by atoms with Gasteiger partial charge in [0.1, 0.15) is 0 Å². The van der Waals surface area contributed by atoms with Gasteiger partial charge in [0.2, 0.25) is 0 Å². The summed E-state index contributed by atoms with van der Waals surface area (Å²) in [4.78, 5) is 30.1. The van der Waals surface area contributed by atoms with E-state index in [0.717, 1.165) is 49.7 Å². The summed E-state index contributed by atoms with van der Waals surface area (Å²) in [5, 5.41) is 0. The largest absolute Gasteiger partial charge is 0.340 e. The van der Waals surface area contributed by atoms with Crippen LogP contribution in [0.3, 0.4) is 0 Å². The Balaban J connectivity index is 1.47. The normalized spacial score (nSPS) is 19.4. The fourth-order valence-corrected chi connectivity index (χ4v) is 4.62. The molecule has 0 radical (unpaired) electrons. The van der Waals surface area contributed by atoms with Gasteiger partial charge < -0.3 is 10.6 Å². The molecule has 0 heterocycles. The first-order valence-electron chi connectivity index (χ1n) is 9.92. The molecule has 5 nitrogen and oxygen atoms in total. The van der Waals surface area contributed by atoms with E-state index < -0.39 is 0 Å². The van der Waals surface area contributed by atoms with E-state index >= 15 is 0 Å². The lowest BCUT2D eigenvalue weighted by Crippen LogP contribution is -2.40. The van der Waals surface area contributed by atoms with Crippen molar-refractivity contribution in [1.82, 2.24) is 5.48 Å². The predicted molar refractivity (Wildman–Crippen MR) is 99.7 cm³/mol. The standard InChI is InChI=1S/C21H30N2O3/c22-15-17-9-7-16(8-10-17)11-12-19(24)23-26-20(25)21(13-3-4-14-21)18-5-1-2-6-18/h7-10,18H,1-6,11-15,22H2,(H,23,24). The van der Waals surface area contributed by atoms with Gasteiger partial charge in [0.25, 0.3) is 5.91 Å². The number of nitrogens with one attached hydrogen (secondary N) is 1. The summed E-state index contributed by atoms with van der Waals surface area (Å²) in [6.07, 6.45) is 9.51. The molecule has 5 heteroatoms. The minimum atomic E-state index is -0.359. The van der Waals surface area contributed by atoms with Crippen LogP contribution in [-0.2, 0) is 27.4 Å². The minimum absolute atomic E-state index is 0.220. The highest BCUT2D eigenvalue weighted by Crippen LogP contribution is 2.51. The number of hydroxylamine groups is 1. The second kappa shape index (κ2) is 8.67. The lowest BCUT2D eigenvalue weighted by molar-refractivity contribution is -0.171. The summed E-state index contributed by atoms with van der Waals surface area (Å²) < 4.78 is 0. The van der Waals surface area contributed by atoms with E-state index in [2.05, 4.69) is 5.48 Å². The molecular formula is C21H30N2O3. The van der Waals surface area contributed by atoms with Crippen molar-refractivity contribution in [2.24, 2.45) is 17.1 Å². The van der Waals surface area contributed by atoms with Crippen LogP contribution >= 0.6 is 0 Å². The molecule has 3 N–H and O–H groups in total. The molecule has 0 bridgehead atoms. The molecule has 0 atom stereocenters. The number of carbonyl (C=O) groups is 2. The third-order valence-electron chi connectivity index (χ3n) is 6.20. The van der Waals surface area contributed by atoms with Gasteiger partial charge >= 0.3 is 5.97 Å².